The molecule has 0 bridgehead atoms. The molecule has 0 atom stereocenters. The molecule has 0 radical (unpaired) electrons. The number of nitrogens with one attached hydrogen (secondary N) is 2. The van der Waals surface area contributed by atoms with Gasteiger partial charge in [0.2, 0.25) is 5.89 Å². The first-order valence-corrected chi connectivity index (χ1v) is 7.14. The van der Waals surface area contributed by atoms with Crippen molar-refractivity contribution in [1.29, 1.82) is 0 Å². The minimum absolute atomic E-state index is 0.174. The van der Waals surface area contributed by atoms with Crippen LogP contribution in [0.25, 0.3) is 11.5 Å². The molecule has 3 aromatic rings. The zero-order valence-electron chi connectivity index (χ0n) is 11.2. The highest BCUT2D eigenvalue weighted by Gasteiger charge is 2.11. The summed E-state index contributed by atoms with van der Waals surface area (Å²) >= 11 is 11.0. The zero-order chi connectivity index (χ0) is 15.5. The van der Waals surface area contributed by atoms with Crippen LogP contribution < -0.4 is 5.32 Å². The van der Waals surface area contributed by atoms with E-state index in [0.717, 1.165) is 0 Å². The molecule has 3 rings (SSSR count). The van der Waals surface area contributed by atoms with Gasteiger partial charge in [0.25, 0.3) is 10.7 Å². The topological polar surface area (TPSA) is 70.9 Å². The second kappa shape index (κ2) is 6.13. The number of H-pyrrole nitrogens is 1. The van der Waals surface area contributed by atoms with Crippen molar-refractivity contribution in [2.75, 3.05) is 5.32 Å². The number of halogens is 1. The Bertz CT molecular complexity index is 874. The van der Waals surface area contributed by atoms with Crippen molar-refractivity contribution in [3.05, 3.63) is 64.0 Å². The van der Waals surface area contributed by atoms with Crippen LogP contribution in [0.4, 0.5) is 5.69 Å². The maximum Gasteiger partial charge on any atom is 0.284 e. The molecule has 0 spiro atoms. The highest BCUT2D eigenvalue weighted by molar-refractivity contribution is 7.71. The maximum absolute atomic E-state index is 12.1. The summed E-state index contributed by atoms with van der Waals surface area (Å²) in [6.07, 6.45) is 0. The van der Waals surface area contributed by atoms with Crippen molar-refractivity contribution >= 4 is 35.4 Å². The molecule has 0 aliphatic heterocycles. The van der Waals surface area contributed by atoms with Crippen LogP contribution in [0.1, 0.15) is 10.4 Å². The number of benzene rings is 2. The van der Waals surface area contributed by atoms with Crippen LogP contribution in [-0.2, 0) is 0 Å². The molecule has 0 saturated heterocycles. The maximum atomic E-state index is 12.1. The molecule has 110 valence electrons. The lowest BCUT2D eigenvalue weighted by atomic mass is 10.2. The molecular weight excluding hydrogens is 322 g/mol. The van der Waals surface area contributed by atoms with E-state index < -0.39 is 0 Å². The van der Waals surface area contributed by atoms with Crippen molar-refractivity contribution in [3.63, 3.8) is 0 Å². The molecule has 2 N–H and O–H groups in total. The lowest BCUT2D eigenvalue weighted by Crippen LogP contribution is -2.11. The Kier molecular flexibility index (Phi) is 4.04. The van der Waals surface area contributed by atoms with Crippen LogP contribution >= 0.6 is 23.8 Å². The quantitative estimate of drug-likeness (QED) is 0.702. The number of hydrogen-bond donors (Lipinski definition) is 2. The van der Waals surface area contributed by atoms with Gasteiger partial charge in [-0.15, -0.1) is 5.10 Å². The van der Waals surface area contributed by atoms with Crippen molar-refractivity contribution < 1.29 is 9.21 Å². The first-order chi connectivity index (χ1) is 10.6. The smallest absolute Gasteiger partial charge is 0.284 e. The van der Waals surface area contributed by atoms with Gasteiger partial charge in [-0.05, 0) is 42.5 Å². The monoisotopic (exact) mass is 331 g/mol. The van der Waals surface area contributed by atoms with Gasteiger partial charge in [-0.2, -0.15) is 0 Å². The van der Waals surface area contributed by atoms with Crippen LogP contribution in [0.2, 0.25) is 5.02 Å². The largest absolute Gasteiger partial charge is 0.409 e. The summed E-state index contributed by atoms with van der Waals surface area (Å²) in [5, 5.41) is 9.63. The summed E-state index contributed by atoms with van der Waals surface area (Å²) in [6.45, 7) is 0. The van der Waals surface area contributed by atoms with Crippen LogP contribution in [0, 0.1) is 4.84 Å². The predicted molar refractivity (Wildman–Crippen MR) is 86.5 cm³/mol. The third-order valence-electron chi connectivity index (χ3n) is 2.93. The predicted octanol–water partition coefficient (Wildman–Crippen LogP) is 4.30. The normalized spacial score (nSPS) is 10.4. The third-order valence-corrected chi connectivity index (χ3v) is 3.42. The van der Waals surface area contributed by atoms with Crippen molar-refractivity contribution in [2.45, 2.75) is 0 Å². The fourth-order valence-corrected chi connectivity index (χ4v) is 2.29. The van der Waals surface area contributed by atoms with Crippen molar-refractivity contribution in [3.8, 4) is 11.5 Å². The highest BCUT2D eigenvalue weighted by atomic mass is 35.5. The van der Waals surface area contributed by atoms with Gasteiger partial charge in [0, 0.05) is 11.3 Å². The first kappa shape index (κ1) is 14.5. The summed E-state index contributed by atoms with van der Waals surface area (Å²) in [5.74, 6) is 0.0950. The SMILES string of the molecule is O=C(Nc1ccc(-c2n[nH]c(=S)o2)c(Cl)c1)c1ccccc1. The van der Waals surface area contributed by atoms with Crippen LogP contribution in [0.5, 0.6) is 0 Å². The Balaban J connectivity index is 1.83. The molecule has 1 amide bonds. The van der Waals surface area contributed by atoms with Gasteiger partial charge in [-0.25, -0.2) is 5.10 Å². The van der Waals surface area contributed by atoms with E-state index in [9.17, 15) is 4.79 Å². The number of anilines is 1. The van der Waals surface area contributed by atoms with Gasteiger partial charge >= 0.3 is 0 Å². The average molecular weight is 332 g/mol. The molecule has 7 heteroatoms. The Hall–Kier alpha value is -2.44. The lowest BCUT2D eigenvalue weighted by Gasteiger charge is -2.07. The van der Waals surface area contributed by atoms with Gasteiger partial charge in [0.1, 0.15) is 0 Å². The molecule has 0 saturated carbocycles. The Labute approximate surface area is 135 Å². The fraction of sp³-hybridized carbons (Fsp3) is 0. The minimum atomic E-state index is -0.207. The van der Waals surface area contributed by atoms with Crippen molar-refractivity contribution in [2.24, 2.45) is 0 Å². The van der Waals surface area contributed by atoms with E-state index in [0.29, 0.717) is 27.7 Å². The minimum Gasteiger partial charge on any atom is -0.409 e. The third kappa shape index (κ3) is 3.08. The number of nitrogens with zero attached hydrogens (tertiary/aromatic N) is 1. The van der Waals surface area contributed by atoms with Crippen molar-refractivity contribution in [1.82, 2.24) is 10.2 Å². The molecule has 1 aromatic heterocycles. The number of carbonyl (C=O) groups is 1. The van der Waals surface area contributed by atoms with E-state index in [1.165, 1.54) is 0 Å². The van der Waals surface area contributed by atoms with Crippen LogP contribution in [0.3, 0.4) is 0 Å². The Morgan fingerprint density at radius 2 is 2.00 bits per heavy atom. The van der Waals surface area contributed by atoms with Crippen LogP contribution in [0.15, 0.2) is 52.9 Å². The second-order valence-corrected chi connectivity index (χ2v) is 5.21. The van der Waals surface area contributed by atoms with E-state index in [2.05, 4.69) is 15.5 Å². The molecular formula is C15H10ClN3O2S. The molecule has 5 nitrogen and oxygen atoms in total. The molecule has 22 heavy (non-hydrogen) atoms. The van der Waals surface area contributed by atoms with Gasteiger partial charge in [0.05, 0.1) is 10.6 Å². The lowest BCUT2D eigenvalue weighted by molar-refractivity contribution is 0.102. The number of aromatic nitrogens is 2. The number of hydrogen-bond acceptors (Lipinski definition) is 4. The average Bonchev–Trinajstić information content (AvgIpc) is 2.94. The summed E-state index contributed by atoms with van der Waals surface area (Å²) in [7, 11) is 0. The Morgan fingerprint density at radius 3 is 2.64 bits per heavy atom. The van der Waals surface area contributed by atoms with E-state index in [4.69, 9.17) is 28.2 Å². The van der Waals surface area contributed by atoms with Gasteiger partial charge < -0.3 is 9.73 Å². The summed E-state index contributed by atoms with van der Waals surface area (Å²) in [4.78, 5) is 12.3. The number of rotatable bonds is 3. The number of aromatic amines is 1. The molecule has 1 heterocycles. The van der Waals surface area contributed by atoms with E-state index >= 15 is 0 Å². The van der Waals surface area contributed by atoms with E-state index in [-0.39, 0.29) is 10.7 Å². The number of amides is 1. The highest BCUT2D eigenvalue weighted by Crippen LogP contribution is 2.29. The molecule has 0 aliphatic rings. The van der Waals surface area contributed by atoms with E-state index in [1.54, 1.807) is 42.5 Å². The molecule has 2 aromatic carbocycles. The summed E-state index contributed by atoms with van der Waals surface area (Å²) < 4.78 is 5.22. The molecule has 0 fully saturated rings. The summed E-state index contributed by atoms with van der Waals surface area (Å²) in [5.41, 5.74) is 1.74. The molecule has 0 aliphatic carbocycles. The second-order valence-electron chi connectivity index (χ2n) is 4.43. The standard InChI is InChI=1S/C15H10ClN3O2S/c16-12-8-10(17-13(20)9-4-2-1-3-5-9)6-7-11(12)14-18-19-15(22)21-14/h1-8H,(H,17,20)(H,19,22). The molecule has 0 unspecified atom stereocenters. The summed E-state index contributed by atoms with van der Waals surface area (Å²) in [6, 6.07) is 14.0. The zero-order valence-corrected chi connectivity index (χ0v) is 12.7. The van der Waals surface area contributed by atoms with E-state index in [1.807, 2.05) is 6.07 Å². The van der Waals surface area contributed by atoms with Gasteiger partial charge in [0.15, 0.2) is 0 Å². The first-order valence-electron chi connectivity index (χ1n) is 6.35. The Morgan fingerprint density at radius 1 is 1.23 bits per heavy atom. The van der Waals surface area contributed by atoms with Crippen LogP contribution in [-0.4, -0.2) is 16.1 Å². The van der Waals surface area contributed by atoms with Gasteiger partial charge in [-0.1, -0.05) is 29.8 Å². The number of carbonyl (C=O) groups excluding carboxylic acids is 1. The fourth-order valence-electron chi connectivity index (χ4n) is 1.90. The van der Waals surface area contributed by atoms with Gasteiger partial charge in [-0.3, -0.25) is 4.79 Å².